The summed E-state index contributed by atoms with van der Waals surface area (Å²) in [6.07, 6.45) is 7.67. The molecule has 0 aromatic rings. The molecule has 0 aromatic carbocycles. The largest absolute Gasteiger partial charge is 0.385 e. The Kier molecular flexibility index (Phi) is 3.96. The zero-order valence-electron chi connectivity index (χ0n) is 12.1. The van der Waals surface area contributed by atoms with E-state index in [1.807, 2.05) is 0 Å². The molecule has 0 aromatic heterocycles. The third kappa shape index (κ3) is 2.43. The van der Waals surface area contributed by atoms with Crippen molar-refractivity contribution in [2.75, 3.05) is 13.7 Å². The molecule has 5 heteroatoms. The van der Waals surface area contributed by atoms with E-state index in [0.717, 1.165) is 24.7 Å². The molecule has 1 heterocycles. The van der Waals surface area contributed by atoms with Gasteiger partial charge in [0.2, 0.25) is 0 Å². The minimum Gasteiger partial charge on any atom is -0.385 e. The van der Waals surface area contributed by atoms with Gasteiger partial charge in [0.15, 0.2) is 0 Å². The van der Waals surface area contributed by atoms with Gasteiger partial charge in [-0.1, -0.05) is 19.3 Å². The Labute approximate surface area is 120 Å². The van der Waals surface area contributed by atoms with Crippen LogP contribution in [0.15, 0.2) is 0 Å². The van der Waals surface area contributed by atoms with Crippen molar-refractivity contribution in [1.82, 2.24) is 10.2 Å². The number of hydrogen-bond acceptors (Lipinski definition) is 3. The number of nitrogens with one attached hydrogen (secondary N) is 1. The van der Waals surface area contributed by atoms with E-state index in [9.17, 15) is 9.59 Å². The predicted molar refractivity (Wildman–Crippen MR) is 74.1 cm³/mol. The molecule has 0 radical (unpaired) electrons. The SMILES string of the molecule is COCCC1NC(=O)N(C2CCC3CCCC3C2)C1=O. The van der Waals surface area contributed by atoms with Crippen LogP contribution >= 0.6 is 0 Å². The number of amides is 3. The smallest absolute Gasteiger partial charge is 0.325 e. The summed E-state index contributed by atoms with van der Waals surface area (Å²) >= 11 is 0. The molecule has 20 heavy (non-hydrogen) atoms. The summed E-state index contributed by atoms with van der Waals surface area (Å²) in [4.78, 5) is 26.0. The molecule has 3 fully saturated rings. The molecule has 2 aliphatic carbocycles. The van der Waals surface area contributed by atoms with Gasteiger partial charge in [-0.25, -0.2) is 4.79 Å². The molecule has 1 N–H and O–H groups in total. The van der Waals surface area contributed by atoms with Gasteiger partial charge in [-0.3, -0.25) is 9.69 Å². The molecule has 112 valence electrons. The first kappa shape index (κ1) is 13.9. The lowest BCUT2D eigenvalue weighted by molar-refractivity contribution is -0.130. The minimum atomic E-state index is -0.385. The van der Waals surface area contributed by atoms with E-state index in [2.05, 4.69) is 5.32 Å². The normalized spacial score (nSPS) is 37.1. The van der Waals surface area contributed by atoms with Crippen molar-refractivity contribution < 1.29 is 14.3 Å². The number of hydrogen-bond donors (Lipinski definition) is 1. The van der Waals surface area contributed by atoms with Crippen LogP contribution in [0.3, 0.4) is 0 Å². The Morgan fingerprint density at radius 1 is 1.20 bits per heavy atom. The van der Waals surface area contributed by atoms with Crippen molar-refractivity contribution in [1.29, 1.82) is 0 Å². The average molecular weight is 280 g/mol. The number of methoxy groups -OCH3 is 1. The molecule has 5 nitrogen and oxygen atoms in total. The van der Waals surface area contributed by atoms with Gasteiger partial charge in [-0.2, -0.15) is 0 Å². The lowest BCUT2D eigenvalue weighted by Gasteiger charge is -2.35. The Balaban J connectivity index is 1.64. The van der Waals surface area contributed by atoms with Gasteiger partial charge < -0.3 is 10.1 Å². The summed E-state index contributed by atoms with van der Waals surface area (Å²) in [6, 6.07) is -0.462. The Bertz CT molecular complexity index is 399. The van der Waals surface area contributed by atoms with Crippen LogP contribution in [-0.4, -0.2) is 42.6 Å². The van der Waals surface area contributed by atoms with Gasteiger partial charge in [0.25, 0.3) is 5.91 Å². The second-order valence-electron chi connectivity index (χ2n) is 6.41. The summed E-state index contributed by atoms with van der Waals surface area (Å²) in [6.45, 7) is 0.500. The fraction of sp³-hybridized carbons (Fsp3) is 0.867. The fourth-order valence-corrected chi connectivity index (χ4v) is 4.24. The zero-order chi connectivity index (χ0) is 14.1. The van der Waals surface area contributed by atoms with Gasteiger partial charge in [0.1, 0.15) is 6.04 Å². The lowest BCUT2D eigenvalue weighted by Crippen LogP contribution is -2.44. The standard InChI is InChI=1S/C15H24N2O3/c1-20-8-7-13-14(18)17(15(19)16-13)12-6-5-10-3-2-4-11(10)9-12/h10-13H,2-9H2,1H3,(H,16,19). The van der Waals surface area contributed by atoms with Crippen molar-refractivity contribution in [3.8, 4) is 0 Å². The van der Waals surface area contributed by atoms with Gasteiger partial charge in [0.05, 0.1) is 0 Å². The van der Waals surface area contributed by atoms with Crippen LogP contribution in [-0.2, 0) is 9.53 Å². The molecule has 4 unspecified atom stereocenters. The van der Waals surface area contributed by atoms with Crippen molar-refractivity contribution in [2.24, 2.45) is 11.8 Å². The van der Waals surface area contributed by atoms with Crippen molar-refractivity contribution >= 4 is 11.9 Å². The first-order valence-corrected chi connectivity index (χ1v) is 7.83. The van der Waals surface area contributed by atoms with E-state index in [4.69, 9.17) is 4.74 Å². The predicted octanol–water partition coefficient (Wildman–Crippen LogP) is 1.91. The van der Waals surface area contributed by atoms with Crippen LogP contribution in [0, 0.1) is 11.8 Å². The number of carbonyl (C=O) groups is 2. The second kappa shape index (κ2) is 5.72. The van der Waals surface area contributed by atoms with Crippen LogP contribution in [0.2, 0.25) is 0 Å². The second-order valence-corrected chi connectivity index (χ2v) is 6.41. The molecule has 4 atom stereocenters. The monoisotopic (exact) mass is 280 g/mol. The first-order chi connectivity index (χ1) is 9.70. The van der Waals surface area contributed by atoms with Crippen molar-refractivity contribution in [3.05, 3.63) is 0 Å². The minimum absolute atomic E-state index is 0.0477. The van der Waals surface area contributed by atoms with Crippen LogP contribution in [0.1, 0.15) is 44.9 Å². The molecule has 3 rings (SSSR count). The Hall–Kier alpha value is -1.10. The summed E-state index contributed by atoms with van der Waals surface area (Å²) in [7, 11) is 1.61. The van der Waals surface area contributed by atoms with Crippen LogP contribution in [0.5, 0.6) is 0 Å². The molecule has 1 saturated heterocycles. The van der Waals surface area contributed by atoms with E-state index < -0.39 is 0 Å². The topological polar surface area (TPSA) is 58.6 Å². The number of rotatable bonds is 4. The third-order valence-electron chi connectivity index (χ3n) is 5.29. The van der Waals surface area contributed by atoms with E-state index >= 15 is 0 Å². The maximum atomic E-state index is 12.4. The highest BCUT2D eigenvalue weighted by atomic mass is 16.5. The highest BCUT2D eigenvalue weighted by Gasteiger charge is 2.45. The number of fused-ring (bicyclic) bond motifs is 1. The molecule has 3 aliphatic rings. The molecule has 1 aliphatic heterocycles. The molecular formula is C15H24N2O3. The highest BCUT2D eigenvalue weighted by molar-refractivity contribution is 6.04. The van der Waals surface area contributed by atoms with Gasteiger partial charge >= 0.3 is 6.03 Å². The number of nitrogens with zero attached hydrogens (tertiary/aromatic N) is 1. The van der Waals surface area contributed by atoms with E-state index in [1.165, 1.54) is 30.6 Å². The van der Waals surface area contributed by atoms with Gasteiger partial charge in [0, 0.05) is 26.2 Å². The number of urea groups is 1. The molecule has 3 amide bonds. The lowest BCUT2D eigenvalue weighted by atomic mass is 9.78. The molecular weight excluding hydrogens is 256 g/mol. The van der Waals surface area contributed by atoms with Gasteiger partial charge in [-0.05, 0) is 31.1 Å². The van der Waals surface area contributed by atoms with Crippen molar-refractivity contribution in [3.63, 3.8) is 0 Å². The summed E-state index contributed by atoms with van der Waals surface area (Å²) in [5.74, 6) is 1.53. The van der Waals surface area contributed by atoms with E-state index in [-0.39, 0.29) is 24.0 Å². The maximum absolute atomic E-state index is 12.4. The Morgan fingerprint density at radius 2 is 2.00 bits per heavy atom. The fourth-order valence-electron chi connectivity index (χ4n) is 4.24. The maximum Gasteiger partial charge on any atom is 0.325 e. The van der Waals surface area contributed by atoms with E-state index in [0.29, 0.717) is 13.0 Å². The summed E-state index contributed by atoms with van der Waals surface area (Å²) < 4.78 is 5.00. The molecule has 0 bridgehead atoms. The summed E-state index contributed by atoms with van der Waals surface area (Å²) in [5, 5.41) is 2.80. The third-order valence-corrected chi connectivity index (χ3v) is 5.29. The number of imide groups is 1. The Morgan fingerprint density at radius 3 is 2.80 bits per heavy atom. The molecule has 2 saturated carbocycles. The van der Waals surface area contributed by atoms with Crippen molar-refractivity contribution in [2.45, 2.75) is 57.0 Å². The number of carbonyl (C=O) groups excluding carboxylic acids is 2. The average Bonchev–Trinajstić information content (AvgIpc) is 3.00. The van der Waals surface area contributed by atoms with Crippen LogP contribution < -0.4 is 5.32 Å². The highest BCUT2D eigenvalue weighted by Crippen LogP contribution is 2.43. The number of ether oxygens (including phenoxy) is 1. The van der Waals surface area contributed by atoms with Gasteiger partial charge in [-0.15, -0.1) is 0 Å². The van der Waals surface area contributed by atoms with Crippen LogP contribution in [0.25, 0.3) is 0 Å². The van der Waals surface area contributed by atoms with E-state index in [1.54, 1.807) is 7.11 Å². The molecule has 0 spiro atoms. The first-order valence-electron chi connectivity index (χ1n) is 7.83. The summed E-state index contributed by atoms with van der Waals surface area (Å²) in [5.41, 5.74) is 0. The zero-order valence-corrected chi connectivity index (χ0v) is 12.1. The van der Waals surface area contributed by atoms with Crippen LogP contribution in [0.4, 0.5) is 4.79 Å². The quantitative estimate of drug-likeness (QED) is 0.800.